The number of nitrogen functional groups attached to an aromatic ring is 1. The Bertz CT molecular complexity index is 317. The van der Waals surface area contributed by atoms with Gasteiger partial charge in [-0.15, -0.1) is 0 Å². The molecule has 1 fully saturated rings. The van der Waals surface area contributed by atoms with Crippen LogP contribution in [-0.4, -0.2) is 34.2 Å². The number of hydrogen-bond donors (Lipinski definition) is 3. The molecule has 0 spiro atoms. The number of hydrazine groups is 1. The lowest BCUT2D eigenvalue weighted by Crippen LogP contribution is -2.31. The van der Waals surface area contributed by atoms with Crippen LogP contribution in [-0.2, 0) is 6.54 Å². The van der Waals surface area contributed by atoms with Gasteiger partial charge in [0.2, 0.25) is 0 Å². The molecule has 5 nitrogen and oxygen atoms in total. The first-order valence-corrected chi connectivity index (χ1v) is 5.91. The van der Waals surface area contributed by atoms with Crippen molar-refractivity contribution >= 4 is 16.5 Å². The fraction of sp³-hybridized carbons (Fsp3) is 0.667. The van der Waals surface area contributed by atoms with Gasteiger partial charge in [0.1, 0.15) is 0 Å². The van der Waals surface area contributed by atoms with Gasteiger partial charge < -0.3 is 5.11 Å². The lowest BCUT2D eigenvalue weighted by Gasteiger charge is -2.21. The molecule has 15 heavy (non-hydrogen) atoms. The number of aliphatic hydroxyl groups excluding tert-OH is 1. The minimum Gasteiger partial charge on any atom is -0.395 e. The Labute approximate surface area is 92.9 Å². The van der Waals surface area contributed by atoms with E-state index < -0.39 is 0 Å². The summed E-state index contributed by atoms with van der Waals surface area (Å²) in [7, 11) is 0. The van der Waals surface area contributed by atoms with Crippen molar-refractivity contribution in [3.05, 3.63) is 11.1 Å². The van der Waals surface area contributed by atoms with Gasteiger partial charge >= 0.3 is 0 Å². The van der Waals surface area contributed by atoms with Gasteiger partial charge in [0.25, 0.3) is 0 Å². The van der Waals surface area contributed by atoms with E-state index in [-0.39, 0.29) is 6.61 Å². The highest BCUT2D eigenvalue weighted by Gasteiger charge is 2.23. The number of nitrogens with two attached hydrogens (primary N) is 1. The minimum atomic E-state index is 0.251. The van der Waals surface area contributed by atoms with Crippen molar-refractivity contribution in [3.8, 4) is 0 Å². The molecule has 0 aromatic carbocycles. The van der Waals surface area contributed by atoms with E-state index in [1.807, 2.05) is 6.20 Å². The SMILES string of the molecule is NNc1ncc(CN2CCCC2CO)s1. The van der Waals surface area contributed by atoms with Crippen molar-refractivity contribution < 1.29 is 5.11 Å². The van der Waals surface area contributed by atoms with Crippen LogP contribution in [0.2, 0.25) is 0 Å². The van der Waals surface area contributed by atoms with E-state index >= 15 is 0 Å². The molecule has 0 aliphatic carbocycles. The van der Waals surface area contributed by atoms with Crippen LogP contribution < -0.4 is 11.3 Å². The summed E-state index contributed by atoms with van der Waals surface area (Å²) in [5.41, 5.74) is 2.54. The normalized spacial score (nSPS) is 22.1. The van der Waals surface area contributed by atoms with E-state index in [1.54, 1.807) is 11.3 Å². The highest BCUT2D eigenvalue weighted by Crippen LogP contribution is 2.23. The van der Waals surface area contributed by atoms with Gasteiger partial charge in [-0.25, -0.2) is 10.8 Å². The van der Waals surface area contributed by atoms with Crippen LogP contribution in [0.3, 0.4) is 0 Å². The number of rotatable bonds is 4. The van der Waals surface area contributed by atoms with Gasteiger partial charge in [-0.2, -0.15) is 0 Å². The molecular weight excluding hydrogens is 212 g/mol. The Hall–Kier alpha value is -0.690. The Balaban J connectivity index is 1.95. The van der Waals surface area contributed by atoms with Crippen molar-refractivity contribution in [3.63, 3.8) is 0 Å². The first-order valence-electron chi connectivity index (χ1n) is 5.09. The topological polar surface area (TPSA) is 74.4 Å². The molecule has 0 radical (unpaired) electrons. The molecule has 0 amide bonds. The summed E-state index contributed by atoms with van der Waals surface area (Å²) in [5, 5.41) is 9.92. The number of thiazole rings is 1. The summed E-state index contributed by atoms with van der Waals surface area (Å²) in [4.78, 5) is 7.60. The third-order valence-electron chi connectivity index (χ3n) is 2.75. The molecule has 2 rings (SSSR count). The number of aliphatic hydroxyl groups is 1. The molecule has 1 aliphatic rings. The molecule has 1 aromatic rings. The number of nitrogens with zero attached hydrogens (tertiary/aromatic N) is 2. The average Bonchev–Trinajstić information content (AvgIpc) is 2.87. The summed E-state index contributed by atoms with van der Waals surface area (Å²) in [6.07, 6.45) is 4.11. The van der Waals surface area contributed by atoms with Crippen LogP contribution in [0.1, 0.15) is 17.7 Å². The first-order chi connectivity index (χ1) is 7.33. The van der Waals surface area contributed by atoms with Crippen molar-refractivity contribution in [2.24, 2.45) is 5.84 Å². The number of likely N-dealkylation sites (tertiary alicyclic amines) is 1. The predicted octanol–water partition coefficient (Wildman–Crippen LogP) is 0.385. The zero-order valence-corrected chi connectivity index (χ0v) is 9.33. The lowest BCUT2D eigenvalue weighted by molar-refractivity contribution is 0.154. The molecular formula is C9H16N4OS. The van der Waals surface area contributed by atoms with Crippen LogP contribution in [0.15, 0.2) is 6.20 Å². The van der Waals surface area contributed by atoms with Crippen molar-refractivity contribution in [2.75, 3.05) is 18.6 Å². The molecule has 4 N–H and O–H groups in total. The van der Waals surface area contributed by atoms with Crippen LogP contribution in [0.5, 0.6) is 0 Å². The second-order valence-electron chi connectivity index (χ2n) is 3.73. The average molecular weight is 228 g/mol. The van der Waals surface area contributed by atoms with Gasteiger partial charge in [-0.05, 0) is 19.4 Å². The Morgan fingerprint density at radius 3 is 3.27 bits per heavy atom. The zero-order chi connectivity index (χ0) is 10.7. The van der Waals surface area contributed by atoms with E-state index in [4.69, 9.17) is 5.84 Å². The van der Waals surface area contributed by atoms with Crippen LogP contribution >= 0.6 is 11.3 Å². The highest BCUT2D eigenvalue weighted by atomic mass is 32.1. The zero-order valence-electron chi connectivity index (χ0n) is 8.52. The summed E-state index contributed by atoms with van der Waals surface area (Å²) >= 11 is 1.56. The summed E-state index contributed by atoms with van der Waals surface area (Å²) < 4.78 is 0. The van der Waals surface area contributed by atoms with Gasteiger partial charge in [-0.1, -0.05) is 11.3 Å². The van der Waals surface area contributed by atoms with E-state index in [2.05, 4.69) is 15.3 Å². The number of anilines is 1. The monoisotopic (exact) mass is 228 g/mol. The molecule has 1 saturated heterocycles. The number of hydrogen-bond acceptors (Lipinski definition) is 6. The smallest absolute Gasteiger partial charge is 0.197 e. The largest absolute Gasteiger partial charge is 0.395 e. The van der Waals surface area contributed by atoms with Gasteiger partial charge in [-0.3, -0.25) is 10.3 Å². The summed E-state index contributed by atoms with van der Waals surface area (Å²) in [6.45, 7) is 2.18. The molecule has 1 aromatic heterocycles. The fourth-order valence-corrected chi connectivity index (χ4v) is 2.71. The van der Waals surface area contributed by atoms with Crippen LogP contribution in [0.4, 0.5) is 5.13 Å². The standard InChI is InChI=1S/C9H16N4OS/c10-12-9-11-4-8(15-9)5-13-3-1-2-7(13)6-14/h4,7,14H,1-3,5-6,10H2,(H,11,12). The number of nitrogens with one attached hydrogen (secondary N) is 1. The highest BCUT2D eigenvalue weighted by molar-refractivity contribution is 7.15. The van der Waals surface area contributed by atoms with Crippen molar-refractivity contribution in [1.29, 1.82) is 0 Å². The maximum Gasteiger partial charge on any atom is 0.197 e. The maximum atomic E-state index is 9.18. The molecule has 0 saturated carbocycles. The summed E-state index contributed by atoms with van der Waals surface area (Å²) in [6, 6.07) is 0.321. The summed E-state index contributed by atoms with van der Waals surface area (Å²) in [5.74, 6) is 5.27. The molecule has 1 aliphatic heterocycles. The maximum absolute atomic E-state index is 9.18. The molecule has 1 atom stereocenters. The molecule has 1 unspecified atom stereocenters. The Morgan fingerprint density at radius 1 is 1.73 bits per heavy atom. The first kappa shape index (κ1) is 10.8. The third kappa shape index (κ3) is 2.46. The fourth-order valence-electron chi connectivity index (χ4n) is 1.96. The number of aromatic nitrogens is 1. The molecule has 2 heterocycles. The van der Waals surface area contributed by atoms with E-state index in [0.717, 1.165) is 24.6 Å². The molecule has 6 heteroatoms. The Kier molecular flexibility index (Phi) is 3.53. The van der Waals surface area contributed by atoms with E-state index in [1.165, 1.54) is 11.3 Å². The minimum absolute atomic E-state index is 0.251. The molecule has 84 valence electrons. The Morgan fingerprint density at radius 2 is 2.60 bits per heavy atom. The van der Waals surface area contributed by atoms with Crippen molar-refractivity contribution in [1.82, 2.24) is 9.88 Å². The quantitative estimate of drug-likeness (QED) is 0.513. The van der Waals surface area contributed by atoms with Gasteiger partial charge in [0.05, 0.1) is 6.61 Å². The van der Waals surface area contributed by atoms with Gasteiger partial charge in [0.15, 0.2) is 5.13 Å². The van der Waals surface area contributed by atoms with Gasteiger partial charge in [0, 0.05) is 23.7 Å². The second-order valence-corrected chi connectivity index (χ2v) is 4.84. The molecule has 0 bridgehead atoms. The predicted molar refractivity (Wildman–Crippen MR) is 60.4 cm³/mol. The van der Waals surface area contributed by atoms with Crippen LogP contribution in [0.25, 0.3) is 0 Å². The second kappa shape index (κ2) is 4.89. The van der Waals surface area contributed by atoms with E-state index in [0.29, 0.717) is 6.04 Å². The lowest BCUT2D eigenvalue weighted by atomic mass is 10.2. The van der Waals surface area contributed by atoms with E-state index in [9.17, 15) is 5.11 Å². The third-order valence-corrected chi connectivity index (χ3v) is 3.66. The van der Waals surface area contributed by atoms with Crippen molar-refractivity contribution in [2.45, 2.75) is 25.4 Å². The van der Waals surface area contributed by atoms with Crippen LogP contribution in [0, 0.1) is 0 Å².